The lowest BCUT2D eigenvalue weighted by molar-refractivity contribution is 0.486. The minimum Gasteiger partial charge on any atom is -0.267 e. The van der Waals surface area contributed by atoms with Gasteiger partial charge in [-0.2, -0.15) is 0 Å². The van der Waals surface area contributed by atoms with E-state index in [0.29, 0.717) is 10.8 Å². The molecule has 1 aromatic rings. The lowest BCUT2D eigenvalue weighted by Crippen LogP contribution is -2.30. The predicted molar refractivity (Wildman–Crippen MR) is 68.7 cm³/mol. The number of nitrogens with one attached hydrogen (secondary N) is 1. The highest BCUT2D eigenvalue weighted by atomic mass is 35.5. The van der Waals surface area contributed by atoms with Crippen LogP contribution >= 0.6 is 11.6 Å². The van der Waals surface area contributed by atoms with E-state index in [1.807, 2.05) is 0 Å². The van der Waals surface area contributed by atoms with E-state index in [9.17, 15) is 8.42 Å². The Balaban J connectivity index is 2.11. The second-order valence-electron chi connectivity index (χ2n) is 4.27. The molecule has 1 saturated carbocycles. The van der Waals surface area contributed by atoms with Gasteiger partial charge in [0.2, 0.25) is 10.0 Å². The monoisotopic (exact) mass is 274 g/mol. The van der Waals surface area contributed by atoms with Crippen LogP contribution < -0.4 is 4.72 Å². The van der Waals surface area contributed by atoms with Gasteiger partial charge in [-0.3, -0.25) is 4.72 Å². The summed E-state index contributed by atoms with van der Waals surface area (Å²) in [7, 11) is -3.32. The van der Waals surface area contributed by atoms with Crippen LogP contribution in [0.2, 0.25) is 5.02 Å². The van der Waals surface area contributed by atoms with Crippen LogP contribution in [0.5, 0.6) is 0 Å². The summed E-state index contributed by atoms with van der Waals surface area (Å²) >= 11 is 5.78. The molecular weight excluding hydrogens is 260 g/mol. The highest BCUT2D eigenvalue weighted by Crippen LogP contribution is 2.25. The molecule has 1 heterocycles. The van der Waals surface area contributed by atoms with Gasteiger partial charge >= 0.3 is 0 Å². The molecule has 0 spiro atoms. The molecule has 0 amide bonds. The number of pyridine rings is 1. The van der Waals surface area contributed by atoms with Gasteiger partial charge in [0.1, 0.15) is 5.82 Å². The van der Waals surface area contributed by atoms with E-state index in [1.165, 1.54) is 12.3 Å². The van der Waals surface area contributed by atoms with Gasteiger partial charge in [-0.15, -0.1) is 0 Å². The normalized spacial score (nSPS) is 17.9. The fourth-order valence-corrected chi connectivity index (χ4v) is 3.75. The first-order chi connectivity index (χ1) is 8.08. The summed E-state index contributed by atoms with van der Waals surface area (Å²) < 4.78 is 26.6. The van der Waals surface area contributed by atoms with Crippen LogP contribution in [-0.4, -0.2) is 18.7 Å². The highest BCUT2D eigenvalue weighted by Gasteiger charge is 2.27. The zero-order valence-electron chi connectivity index (χ0n) is 9.39. The minimum atomic E-state index is -3.32. The van der Waals surface area contributed by atoms with E-state index in [0.717, 1.165) is 32.1 Å². The molecule has 1 aliphatic rings. The molecule has 2 rings (SSSR count). The van der Waals surface area contributed by atoms with Crippen molar-refractivity contribution in [2.75, 3.05) is 4.72 Å². The maximum atomic E-state index is 12.1. The molecule has 0 aliphatic heterocycles. The van der Waals surface area contributed by atoms with Crippen molar-refractivity contribution in [1.29, 1.82) is 0 Å². The van der Waals surface area contributed by atoms with Gasteiger partial charge in [-0.1, -0.05) is 30.9 Å². The maximum absolute atomic E-state index is 12.1. The molecule has 4 nitrogen and oxygen atoms in total. The van der Waals surface area contributed by atoms with E-state index < -0.39 is 10.0 Å². The zero-order chi connectivity index (χ0) is 12.3. The Morgan fingerprint density at radius 3 is 2.65 bits per heavy atom. The van der Waals surface area contributed by atoms with Crippen molar-refractivity contribution in [2.45, 2.75) is 37.4 Å². The molecule has 0 unspecified atom stereocenters. The van der Waals surface area contributed by atoms with Crippen molar-refractivity contribution in [3.8, 4) is 0 Å². The van der Waals surface area contributed by atoms with Crippen molar-refractivity contribution in [2.24, 2.45) is 0 Å². The molecule has 0 radical (unpaired) electrons. The van der Waals surface area contributed by atoms with Gasteiger partial charge in [0.25, 0.3) is 0 Å². The SMILES string of the molecule is O=S(=O)(Nc1cc(Cl)ccn1)C1CCCCC1. The molecule has 0 aromatic carbocycles. The molecule has 0 saturated heterocycles. The molecule has 1 aliphatic carbocycles. The third-order valence-corrected chi connectivity index (χ3v) is 5.04. The molecule has 94 valence electrons. The van der Waals surface area contributed by atoms with Crippen LogP contribution in [0.3, 0.4) is 0 Å². The summed E-state index contributed by atoms with van der Waals surface area (Å²) in [5.41, 5.74) is 0. The van der Waals surface area contributed by atoms with Crippen molar-refractivity contribution in [3.63, 3.8) is 0 Å². The third-order valence-electron chi connectivity index (χ3n) is 2.96. The van der Waals surface area contributed by atoms with Gasteiger partial charge in [0, 0.05) is 17.3 Å². The lowest BCUT2D eigenvalue weighted by atomic mass is 10.0. The van der Waals surface area contributed by atoms with Gasteiger partial charge < -0.3 is 0 Å². The van der Waals surface area contributed by atoms with Crippen molar-refractivity contribution in [1.82, 2.24) is 4.98 Å². The van der Waals surface area contributed by atoms with E-state index in [1.54, 1.807) is 6.07 Å². The Morgan fingerprint density at radius 2 is 2.00 bits per heavy atom. The van der Waals surface area contributed by atoms with E-state index in [-0.39, 0.29) is 5.25 Å². The molecule has 6 heteroatoms. The number of nitrogens with zero attached hydrogens (tertiary/aromatic N) is 1. The number of halogens is 1. The number of aromatic nitrogens is 1. The topological polar surface area (TPSA) is 59.1 Å². The second kappa shape index (κ2) is 5.23. The number of hydrogen-bond donors (Lipinski definition) is 1. The predicted octanol–water partition coefficient (Wildman–Crippen LogP) is 2.81. The Morgan fingerprint density at radius 1 is 1.29 bits per heavy atom. The van der Waals surface area contributed by atoms with Gasteiger partial charge in [-0.25, -0.2) is 13.4 Å². The van der Waals surface area contributed by atoms with Gasteiger partial charge in [0.05, 0.1) is 5.25 Å². The molecule has 1 N–H and O–H groups in total. The molecule has 1 fully saturated rings. The Labute approximate surface area is 106 Å². The van der Waals surface area contributed by atoms with Crippen LogP contribution in [0.4, 0.5) is 5.82 Å². The zero-order valence-corrected chi connectivity index (χ0v) is 11.0. The summed E-state index contributed by atoms with van der Waals surface area (Å²) in [6, 6.07) is 3.13. The third kappa shape index (κ3) is 3.33. The smallest absolute Gasteiger partial charge is 0.236 e. The number of hydrogen-bond acceptors (Lipinski definition) is 3. The number of sulfonamides is 1. The first-order valence-electron chi connectivity index (χ1n) is 5.71. The maximum Gasteiger partial charge on any atom is 0.236 e. The summed E-state index contributed by atoms with van der Waals surface area (Å²) in [6.07, 6.45) is 6.04. The number of anilines is 1. The first kappa shape index (κ1) is 12.6. The summed E-state index contributed by atoms with van der Waals surface area (Å²) in [5, 5.41) is 0.179. The molecule has 0 atom stereocenters. The van der Waals surface area contributed by atoms with E-state index in [4.69, 9.17) is 11.6 Å². The van der Waals surface area contributed by atoms with Crippen molar-refractivity contribution >= 4 is 27.4 Å². The van der Waals surface area contributed by atoms with Crippen LogP contribution in [0.25, 0.3) is 0 Å². The Kier molecular flexibility index (Phi) is 3.89. The van der Waals surface area contributed by atoms with E-state index >= 15 is 0 Å². The standard InChI is InChI=1S/C11H15ClN2O2S/c12-9-6-7-13-11(8-9)14-17(15,16)10-4-2-1-3-5-10/h6-8,10H,1-5H2,(H,13,14). The molecule has 17 heavy (non-hydrogen) atoms. The van der Waals surface area contributed by atoms with Crippen LogP contribution in [0.1, 0.15) is 32.1 Å². The Bertz CT molecular complexity index is 484. The second-order valence-corrected chi connectivity index (χ2v) is 6.66. The van der Waals surface area contributed by atoms with Crippen LogP contribution in [0, 0.1) is 0 Å². The minimum absolute atomic E-state index is 0.294. The van der Waals surface area contributed by atoms with Crippen LogP contribution in [-0.2, 0) is 10.0 Å². The molecular formula is C11H15ClN2O2S. The summed E-state index contributed by atoms with van der Waals surface area (Å²) in [6.45, 7) is 0. The summed E-state index contributed by atoms with van der Waals surface area (Å²) in [5.74, 6) is 0.295. The van der Waals surface area contributed by atoms with Crippen molar-refractivity contribution < 1.29 is 8.42 Å². The Hall–Kier alpha value is -0.810. The van der Waals surface area contributed by atoms with E-state index in [2.05, 4.69) is 9.71 Å². The summed E-state index contributed by atoms with van der Waals surface area (Å²) in [4.78, 5) is 3.94. The van der Waals surface area contributed by atoms with Crippen molar-refractivity contribution in [3.05, 3.63) is 23.4 Å². The molecule has 0 bridgehead atoms. The van der Waals surface area contributed by atoms with Gasteiger partial charge in [0.15, 0.2) is 0 Å². The largest absolute Gasteiger partial charge is 0.267 e. The highest BCUT2D eigenvalue weighted by molar-refractivity contribution is 7.93. The lowest BCUT2D eigenvalue weighted by Gasteiger charge is -2.22. The fraction of sp³-hybridized carbons (Fsp3) is 0.545. The average molecular weight is 275 g/mol. The number of rotatable bonds is 3. The van der Waals surface area contributed by atoms with Gasteiger partial charge in [-0.05, 0) is 18.9 Å². The fourth-order valence-electron chi connectivity index (χ4n) is 2.07. The first-order valence-corrected chi connectivity index (χ1v) is 7.63. The molecule has 1 aromatic heterocycles. The quantitative estimate of drug-likeness (QED) is 0.922. The van der Waals surface area contributed by atoms with Crippen LogP contribution in [0.15, 0.2) is 18.3 Å². The average Bonchev–Trinajstić information content (AvgIpc) is 2.29.